The van der Waals surface area contributed by atoms with Crippen LogP contribution < -0.4 is 0 Å². The lowest BCUT2D eigenvalue weighted by molar-refractivity contribution is 0.0753. The minimum atomic E-state index is -0.462. The highest BCUT2D eigenvalue weighted by molar-refractivity contribution is 7.98. The maximum atomic E-state index is 13.4. The molecule has 16 heavy (non-hydrogen) atoms. The predicted molar refractivity (Wildman–Crippen MR) is 66.3 cm³/mol. The number of thioether (sulfide) groups is 1. The number of halogens is 1. The van der Waals surface area contributed by atoms with E-state index in [-0.39, 0.29) is 17.5 Å². The summed E-state index contributed by atoms with van der Waals surface area (Å²) in [6.07, 6.45) is 1.98. The lowest BCUT2D eigenvalue weighted by Gasteiger charge is -2.24. The molecule has 1 unspecified atom stereocenters. The number of hydrogen-bond donors (Lipinski definition) is 0. The Hall–Kier alpha value is -1.03. The molecule has 0 spiro atoms. The van der Waals surface area contributed by atoms with Crippen LogP contribution in [-0.4, -0.2) is 35.9 Å². The predicted octanol–water partition coefficient (Wildman–Crippen LogP) is 2.65. The Kier molecular flexibility index (Phi) is 4.80. The van der Waals surface area contributed by atoms with Crippen LogP contribution in [0.1, 0.15) is 17.3 Å². The molecular formula is C12H16FNOS. The van der Waals surface area contributed by atoms with Crippen molar-refractivity contribution in [1.82, 2.24) is 4.90 Å². The third-order valence-corrected chi connectivity index (χ3v) is 3.31. The van der Waals surface area contributed by atoms with E-state index in [1.54, 1.807) is 35.8 Å². The summed E-state index contributed by atoms with van der Waals surface area (Å²) < 4.78 is 13.4. The van der Waals surface area contributed by atoms with Crippen LogP contribution in [0.5, 0.6) is 0 Å². The standard InChI is InChI=1S/C12H16FNOS/c1-9(8-16-3)14(2)12(15)10-6-4-5-7-11(10)13/h4-7,9H,8H2,1-3H3. The first kappa shape index (κ1) is 13.0. The van der Waals surface area contributed by atoms with Gasteiger partial charge < -0.3 is 4.90 Å². The number of carbonyl (C=O) groups is 1. The number of amides is 1. The maximum Gasteiger partial charge on any atom is 0.256 e. The van der Waals surface area contributed by atoms with Gasteiger partial charge in [0.05, 0.1) is 5.56 Å². The fraction of sp³-hybridized carbons (Fsp3) is 0.417. The highest BCUT2D eigenvalue weighted by atomic mass is 32.2. The first-order valence-corrected chi connectivity index (χ1v) is 6.48. The highest BCUT2D eigenvalue weighted by Crippen LogP contribution is 2.12. The largest absolute Gasteiger partial charge is 0.338 e. The van der Waals surface area contributed by atoms with E-state index in [9.17, 15) is 9.18 Å². The molecule has 0 saturated carbocycles. The van der Waals surface area contributed by atoms with Gasteiger partial charge in [0.2, 0.25) is 0 Å². The zero-order valence-corrected chi connectivity index (χ0v) is 10.6. The van der Waals surface area contributed by atoms with Crippen LogP contribution >= 0.6 is 11.8 Å². The van der Waals surface area contributed by atoms with Crippen LogP contribution in [0.3, 0.4) is 0 Å². The van der Waals surface area contributed by atoms with Gasteiger partial charge in [0.1, 0.15) is 5.82 Å². The Morgan fingerprint density at radius 3 is 2.69 bits per heavy atom. The van der Waals surface area contributed by atoms with Gasteiger partial charge in [-0.1, -0.05) is 12.1 Å². The molecule has 1 aromatic rings. The molecule has 1 amide bonds. The fourth-order valence-corrected chi connectivity index (χ4v) is 2.08. The summed E-state index contributed by atoms with van der Waals surface area (Å²) in [4.78, 5) is 13.5. The maximum absolute atomic E-state index is 13.4. The van der Waals surface area contributed by atoms with Gasteiger partial charge in [0.15, 0.2) is 0 Å². The summed E-state index contributed by atoms with van der Waals surface area (Å²) >= 11 is 1.67. The van der Waals surface area contributed by atoms with Crippen LogP contribution in [0.15, 0.2) is 24.3 Å². The van der Waals surface area contributed by atoms with Crippen molar-refractivity contribution in [3.8, 4) is 0 Å². The molecule has 0 saturated heterocycles. The molecule has 0 fully saturated rings. The number of benzene rings is 1. The van der Waals surface area contributed by atoms with Crippen molar-refractivity contribution >= 4 is 17.7 Å². The van der Waals surface area contributed by atoms with Crippen molar-refractivity contribution in [3.05, 3.63) is 35.6 Å². The van der Waals surface area contributed by atoms with E-state index in [4.69, 9.17) is 0 Å². The molecule has 0 aromatic heterocycles. The van der Waals surface area contributed by atoms with Gasteiger partial charge >= 0.3 is 0 Å². The first-order chi connectivity index (χ1) is 7.57. The fourth-order valence-electron chi connectivity index (χ4n) is 1.38. The van der Waals surface area contributed by atoms with Gasteiger partial charge in [-0.2, -0.15) is 11.8 Å². The molecule has 1 aromatic carbocycles. The first-order valence-electron chi connectivity index (χ1n) is 5.08. The van der Waals surface area contributed by atoms with Crippen molar-refractivity contribution in [1.29, 1.82) is 0 Å². The van der Waals surface area contributed by atoms with E-state index in [2.05, 4.69) is 0 Å². The second kappa shape index (κ2) is 5.89. The molecule has 0 N–H and O–H groups in total. The van der Waals surface area contributed by atoms with E-state index >= 15 is 0 Å². The zero-order chi connectivity index (χ0) is 12.1. The minimum absolute atomic E-state index is 0.0992. The molecular weight excluding hydrogens is 225 g/mol. The zero-order valence-electron chi connectivity index (χ0n) is 9.74. The Labute approximate surface area is 99.8 Å². The Bertz CT molecular complexity index is 370. The summed E-state index contributed by atoms with van der Waals surface area (Å²) in [6.45, 7) is 1.95. The molecule has 2 nitrogen and oxygen atoms in total. The Morgan fingerprint density at radius 1 is 1.50 bits per heavy atom. The second-order valence-corrected chi connectivity index (χ2v) is 4.61. The third-order valence-electron chi connectivity index (χ3n) is 2.49. The average Bonchev–Trinajstić information content (AvgIpc) is 2.28. The Balaban J connectivity index is 2.82. The molecule has 88 valence electrons. The number of carbonyl (C=O) groups excluding carboxylic acids is 1. The summed E-state index contributed by atoms with van der Waals surface area (Å²) in [5, 5.41) is 0. The highest BCUT2D eigenvalue weighted by Gasteiger charge is 2.19. The summed E-state index contributed by atoms with van der Waals surface area (Å²) in [7, 11) is 1.70. The van der Waals surface area contributed by atoms with Crippen molar-refractivity contribution < 1.29 is 9.18 Å². The third kappa shape index (κ3) is 2.98. The van der Waals surface area contributed by atoms with E-state index in [0.29, 0.717) is 0 Å². The van der Waals surface area contributed by atoms with E-state index < -0.39 is 5.82 Å². The lowest BCUT2D eigenvalue weighted by atomic mass is 10.1. The number of hydrogen-bond acceptors (Lipinski definition) is 2. The molecule has 0 bridgehead atoms. The molecule has 0 aliphatic rings. The van der Waals surface area contributed by atoms with Gasteiger partial charge in [-0.3, -0.25) is 4.79 Å². The summed E-state index contributed by atoms with van der Waals surface area (Å²) in [5.41, 5.74) is 0.137. The van der Waals surface area contributed by atoms with Crippen LogP contribution in [0.25, 0.3) is 0 Å². The smallest absolute Gasteiger partial charge is 0.256 e. The SMILES string of the molecule is CSCC(C)N(C)C(=O)c1ccccc1F. The van der Waals surface area contributed by atoms with E-state index in [0.717, 1.165) is 5.75 Å². The molecule has 1 rings (SSSR count). The van der Waals surface area contributed by atoms with Gasteiger partial charge in [0, 0.05) is 18.8 Å². The molecule has 0 heterocycles. The van der Waals surface area contributed by atoms with Crippen molar-refractivity contribution in [2.75, 3.05) is 19.1 Å². The molecule has 0 radical (unpaired) electrons. The van der Waals surface area contributed by atoms with Crippen LogP contribution in [0.2, 0.25) is 0 Å². The quantitative estimate of drug-likeness (QED) is 0.807. The van der Waals surface area contributed by atoms with Gasteiger partial charge in [0.25, 0.3) is 5.91 Å². The second-order valence-electron chi connectivity index (χ2n) is 3.70. The molecule has 1 atom stereocenters. The normalized spacial score (nSPS) is 12.2. The van der Waals surface area contributed by atoms with Crippen LogP contribution in [0.4, 0.5) is 4.39 Å². The molecule has 4 heteroatoms. The number of nitrogens with zero attached hydrogens (tertiary/aromatic N) is 1. The average molecular weight is 241 g/mol. The summed E-state index contributed by atoms with van der Waals surface area (Å²) in [6, 6.07) is 6.17. The molecule has 0 aliphatic heterocycles. The van der Waals surface area contributed by atoms with Crippen LogP contribution in [-0.2, 0) is 0 Å². The van der Waals surface area contributed by atoms with Crippen LogP contribution in [0, 0.1) is 5.82 Å². The number of rotatable bonds is 4. The Morgan fingerprint density at radius 2 is 2.12 bits per heavy atom. The van der Waals surface area contributed by atoms with E-state index in [1.807, 2.05) is 13.2 Å². The van der Waals surface area contributed by atoms with Gasteiger partial charge in [-0.05, 0) is 25.3 Å². The van der Waals surface area contributed by atoms with Gasteiger partial charge in [-0.25, -0.2) is 4.39 Å². The van der Waals surface area contributed by atoms with E-state index in [1.165, 1.54) is 12.1 Å². The van der Waals surface area contributed by atoms with Crippen molar-refractivity contribution in [3.63, 3.8) is 0 Å². The van der Waals surface area contributed by atoms with Gasteiger partial charge in [-0.15, -0.1) is 0 Å². The van der Waals surface area contributed by atoms with Crippen molar-refractivity contribution in [2.45, 2.75) is 13.0 Å². The summed E-state index contributed by atoms with van der Waals surface area (Å²) in [5.74, 6) is 0.117. The topological polar surface area (TPSA) is 20.3 Å². The monoisotopic (exact) mass is 241 g/mol. The minimum Gasteiger partial charge on any atom is -0.338 e. The lowest BCUT2D eigenvalue weighted by Crippen LogP contribution is -2.37. The van der Waals surface area contributed by atoms with Crippen molar-refractivity contribution in [2.24, 2.45) is 0 Å². The molecule has 0 aliphatic carbocycles.